The number of carbonyl (C=O) groups is 2. The minimum absolute atomic E-state index is 0.289. The molecule has 3 aromatic carbocycles. The van der Waals surface area contributed by atoms with E-state index in [9.17, 15) is 9.59 Å². The number of benzene rings is 3. The number of rotatable bonds is 11. The first-order chi connectivity index (χ1) is 16.9. The van der Waals surface area contributed by atoms with E-state index in [2.05, 4.69) is 10.6 Å². The smallest absolute Gasteiger partial charge is 0.265 e. The van der Waals surface area contributed by atoms with Crippen LogP contribution in [0.2, 0.25) is 0 Å². The third-order valence-electron chi connectivity index (χ3n) is 5.30. The zero-order chi connectivity index (χ0) is 25.2. The van der Waals surface area contributed by atoms with Crippen LogP contribution >= 0.6 is 0 Å². The third-order valence-corrected chi connectivity index (χ3v) is 5.30. The van der Waals surface area contributed by atoms with E-state index in [-0.39, 0.29) is 11.8 Å². The van der Waals surface area contributed by atoms with Gasteiger partial charge in [-0.25, -0.2) is 0 Å². The number of carbonyl (C=O) groups excluding carboxylic acids is 2. The Morgan fingerprint density at radius 3 is 2.31 bits per heavy atom. The second-order valence-electron chi connectivity index (χ2n) is 7.67. The highest BCUT2D eigenvalue weighted by Crippen LogP contribution is 2.27. The van der Waals surface area contributed by atoms with E-state index in [1.54, 1.807) is 76.8 Å². The summed E-state index contributed by atoms with van der Waals surface area (Å²) in [7, 11) is 4.72. The van der Waals surface area contributed by atoms with Gasteiger partial charge in [-0.3, -0.25) is 9.59 Å². The Labute approximate surface area is 205 Å². The average molecular weight is 479 g/mol. The van der Waals surface area contributed by atoms with Crippen LogP contribution in [0.5, 0.6) is 23.0 Å². The van der Waals surface area contributed by atoms with Crippen molar-refractivity contribution in [3.05, 3.63) is 77.9 Å². The molecule has 184 valence electrons. The summed E-state index contributed by atoms with van der Waals surface area (Å²) in [4.78, 5) is 25.6. The predicted molar refractivity (Wildman–Crippen MR) is 134 cm³/mol. The molecule has 3 aromatic rings. The largest absolute Gasteiger partial charge is 0.497 e. The molecule has 0 aromatic heterocycles. The SMILES string of the molecule is COc1cccc(OC(C)C(=O)Nc2ccccc2C(=O)NCCc2ccc(OC)c(OC)c2)c1. The van der Waals surface area contributed by atoms with Crippen molar-refractivity contribution in [3.8, 4) is 23.0 Å². The number of methoxy groups -OCH3 is 3. The maximum Gasteiger partial charge on any atom is 0.265 e. The number of para-hydroxylation sites is 1. The van der Waals surface area contributed by atoms with Crippen molar-refractivity contribution >= 4 is 17.5 Å². The van der Waals surface area contributed by atoms with Crippen LogP contribution in [0.1, 0.15) is 22.8 Å². The molecule has 35 heavy (non-hydrogen) atoms. The quantitative estimate of drug-likeness (QED) is 0.431. The van der Waals surface area contributed by atoms with E-state index >= 15 is 0 Å². The molecule has 8 heteroatoms. The highest BCUT2D eigenvalue weighted by atomic mass is 16.5. The lowest BCUT2D eigenvalue weighted by Gasteiger charge is -2.17. The van der Waals surface area contributed by atoms with Crippen molar-refractivity contribution in [1.82, 2.24) is 5.32 Å². The Morgan fingerprint density at radius 1 is 0.829 bits per heavy atom. The number of anilines is 1. The first-order valence-electron chi connectivity index (χ1n) is 11.1. The van der Waals surface area contributed by atoms with Crippen LogP contribution in [0.4, 0.5) is 5.69 Å². The lowest BCUT2D eigenvalue weighted by Crippen LogP contribution is -2.32. The number of hydrogen-bond acceptors (Lipinski definition) is 6. The average Bonchev–Trinajstić information content (AvgIpc) is 2.88. The van der Waals surface area contributed by atoms with Crippen LogP contribution in [-0.4, -0.2) is 45.8 Å². The monoisotopic (exact) mass is 478 g/mol. The van der Waals surface area contributed by atoms with Crippen molar-refractivity contribution in [2.75, 3.05) is 33.2 Å². The zero-order valence-corrected chi connectivity index (χ0v) is 20.3. The maximum absolute atomic E-state index is 12.8. The molecule has 0 heterocycles. The fourth-order valence-electron chi connectivity index (χ4n) is 3.41. The highest BCUT2D eigenvalue weighted by Gasteiger charge is 2.18. The van der Waals surface area contributed by atoms with Crippen LogP contribution in [-0.2, 0) is 11.2 Å². The standard InChI is InChI=1S/C27H30N2O6/c1-18(35-21-9-7-8-20(17-21)32-2)26(30)29-23-11-6-5-10-22(23)27(31)28-15-14-19-12-13-24(33-3)25(16-19)34-4/h5-13,16-18H,14-15H2,1-4H3,(H,28,31)(H,29,30). The van der Waals surface area contributed by atoms with Crippen LogP contribution in [0.25, 0.3) is 0 Å². The second-order valence-corrected chi connectivity index (χ2v) is 7.67. The van der Waals surface area contributed by atoms with Crippen LogP contribution < -0.4 is 29.6 Å². The minimum Gasteiger partial charge on any atom is -0.497 e. The van der Waals surface area contributed by atoms with Crippen molar-refractivity contribution in [1.29, 1.82) is 0 Å². The van der Waals surface area contributed by atoms with Gasteiger partial charge in [-0.05, 0) is 55.3 Å². The third kappa shape index (κ3) is 6.89. The molecular weight excluding hydrogens is 448 g/mol. The van der Waals surface area contributed by atoms with Crippen molar-refractivity contribution in [2.45, 2.75) is 19.4 Å². The van der Waals surface area contributed by atoms with Crippen LogP contribution in [0, 0.1) is 0 Å². The molecule has 2 amide bonds. The first-order valence-corrected chi connectivity index (χ1v) is 11.1. The molecule has 0 bridgehead atoms. The van der Waals surface area contributed by atoms with Gasteiger partial charge in [-0.15, -0.1) is 0 Å². The maximum atomic E-state index is 12.8. The molecule has 0 saturated heterocycles. The van der Waals surface area contributed by atoms with Gasteiger partial charge in [0.05, 0.1) is 32.6 Å². The summed E-state index contributed by atoms with van der Waals surface area (Å²) in [6.07, 6.45) is -0.185. The Kier molecular flexibility index (Phi) is 8.95. The zero-order valence-electron chi connectivity index (χ0n) is 20.3. The van der Waals surface area contributed by atoms with E-state index in [4.69, 9.17) is 18.9 Å². The molecular formula is C27H30N2O6. The van der Waals surface area contributed by atoms with Crippen molar-refractivity contribution in [2.24, 2.45) is 0 Å². The van der Waals surface area contributed by atoms with E-state index in [1.165, 1.54) is 0 Å². The molecule has 0 spiro atoms. The summed E-state index contributed by atoms with van der Waals surface area (Å²) < 4.78 is 21.5. The predicted octanol–water partition coefficient (Wildman–Crippen LogP) is 4.09. The molecule has 0 saturated carbocycles. The molecule has 0 radical (unpaired) electrons. The number of nitrogens with one attached hydrogen (secondary N) is 2. The number of hydrogen-bond donors (Lipinski definition) is 2. The van der Waals surface area contributed by atoms with Gasteiger partial charge in [0.15, 0.2) is 17.6 Å². The topological polar surface area (TPSA) is 95.1 Å². The van der Waals surface area contributed by atoms with Crippen LogP contribution in [0.15, 0.2) is 66.7 Å². The van der Waals surface area contributed by atoms with E-state index < -0.39 is 6.10 Å². The fraction of sp³-hybridized carbons (Fsp3) is 0.259. The summed E-state index contributed by atoms with van der Waals surface area (Å²) in [6.45, 7) is 2.05. The normalized spacial score (nSPS) is 11.2. The Morgan fingerprint density at radius 2 is 1.57 bits per heavy atom. The first kappa shape index (κ1) is 25.4. The lowest BCUT2D eigenvalue weighted by molar-refractivity contribution is -0.122. The molecule has 0 aliphatic rings. The van der Waals surface area contributed by atoms with E-state index in [0.717, 1.165) is 5.56 Å². The summed E-state index contributed by atoms with van der Waals surface area (Å²) in [5, 5.41) is 5.69. The van der Waals surface area contributed by atoms with Gasteiger partial charge in [-0.2, -0.15) is 0 Å². The molecule has 0 aliphatic heterocycles. The van der Waals surface area contributed by atoms with Gasteiger partial charge in [0.2, 0.25) is 0 Å². The molecule has 1 atom stereocenters. The Balaban J connectivity index is 1.59. The Bertz CT molecular complexity index is 1160. The van der Waals surface area contributed by atoms with Gasteiger partial charge in [-0.1, -0.05) is 24.3 Å². The number of amides is 2. The van der Waals surface area contributed by atoms with Gasteiger partial charge in [0.1, 0.15) is 11.5 Å². The molecule has 1 unspecified atom stereocenters. The van der Waals surface area contributed by atoms with E-state index in [0.29, 0.717) is 47.2 Å². The summed E-state index contributed by atoms with van der Waals surface area (Å²) in [6, 6.07) is 19.5. The minimum atomic E-state index is -0.789. The second kappa shape index (κ2) is 12.3. The lowest BCUT2D eigenvalue weighted by atomic mass is 10.1. The van der Waals surface area contributed by atoms with Gasteiger partial charge >= 0.3 is 0 Å². The summed E-state index contributed by atoms with van der Waals surface area (Å²) in [5.74, 6) is 1.75. The highest BCUT2D eigenvalue weighted by molar-refractivity contribution is 6.04. The van der Waals surface area contributed by atoms with Gasteiger partial charge in [0.25, 0.3) is 11.8 Å². The summed E-state index contributed by atoms with van der Waals surface area (Å²) in [5.41, 5.74) is 1.76. The van der Waals surface area contributed by atoms with Crippen LogP contribution in [0.3, 0.4) is 0 Å². The Hall–Kier alpha value is -4.20. The molecule has 0 fully saturated rings. The van der Waals surface area contributed by atoms with Gasteiger partial charge < -0.3 is 29.6 Å². The summed E-state index contributed by atoms with van der Waals surface area (Å²) >= 11 is 0. The molecule has 2 N–H and O–H groups in total. The molecule has 3 rings (SSSR count). The van der Waals surface area contributed by atoms with E-state index in [1.807, 2.05) is 18.2 Å². The number of ether oxygens (including phenoxy) is 4. The molecule has 0 aliphatic carbocycles. The fourth-order valence-corrected chi connectivity index (χ4v) is 3.41. The van der Waals surface area contributed by atoms with Crippen molar-refractivity contribution in [3.63, 3.8) is 0 Å². The molecule has 8 nitrogen and oxygen atoms in total. The van der Waals surface area contributed by atoms with Crippen molar-refractivity contribution < 1.29 is 28.5 Å². The van der Waals surface area contributed by atoms with Gasteiger partial charge in [0, 0.05) is 12.6 Å².